The molecule has 2 heterocycles. The molecule has 1 aliphatic rings. The van der Waals surface area contributed by atoms with Crippen molar-refractivity contribution in [3.63, 3.8) is 0 Å². The topological polar surface area (TPSA) is 66.3 Å². The van der Waals surface area contributed by atoms with Crippen molar-refractivity contribution in [3.8, 4) is 22.5 Å². The molecule has 0 saturated heterocycles. The molecule has 1 N–H and O–H groups in total. The number of aliphatic carboxylic acids is 1. The molecule has 5 nitrogen and oxygen atoms in total. The Morgan fingerprint density at radius 1 is 0.829 bits per heavy atom. The van der Waals surface area contributed by atoms with E-state index in [1.165, 1.54) is 11.1 Å². The first-order valence-corrected chi connectivity index (χ1v) is 13.1. The number of carboxylic acid groups (broad SMARTS) is 1. The number of carbonyl (C=O) groups is 1. The second-order valence-corrected chi connectivity index (χ2v) is 9.44. The van der Waals surface area contributed by atoms with Crippen molar-refractivity contribution in [2.24, 2.45) is 0 Å². The Kier molecular flexibility index (Phi) is 8.51. The van der Waals surface area contributed by atoms with E-state index in [9.17, 15) is 4.79 Å². The Labute approximate surface area is 209 Å². The van der Waals surface area contributed by atoms with Gasteiger partial charge in [0.2, 0.25) is 0 Å². The Hall–Kier alpha value is -3.21. The lowest BCUT2D eigenvalue weighted by Crippen LogP contribution is -2.32. The zero-order chi connectivity index (χ0) is 24.6. The minimum atomic E-state index is -0.704. The van der Waals surface area contributed by atoms with Gasteiger partial charge in [0.1, 0.15) is 0 Å². The van der Waals surface area contributed by atoms with Gasteiger partial charge in [0, 0.05) is 30.6 Å². The van der Waals surface area contributed by atoms with Crippen molar-refractivity contribution in [2.75, 3.05) is 18.0 Å². The van der Waals surface area contributed by atoms with Crippen LogP contribution >= 0.6 is 0 Å². The summed E-state index contributed by atoms with van der Waals surface area (Å²) in [6.07, 6.45) is 8.13. The molecule has 0 amide bonds. The number of hydrogen-bond acceptors (Lipinski definition) is 4. The maximum Gasteiger partial charge on any atom is 0.303 e. The highest BCUT2D eigenvalue weighted by atomic mass is 16.4. The van der Waals surface area contributed by atoms with Gasteiger partial charge in [-0.3, -0.25) is 4.79 Å². The van der Waals surface area contributed by atoms with Crippen LogP contribution in [0.2, 0.25) is 0 Å². The molecule has 0 bridgehead atoms. The van der Waals surface area contributed by atoms with Crippen LogP contribution in [0.3, 0.4) is 0 Å². The van der Waals surface area contributed by atoms with Crippen LogP contribution in [0.25, 0.3) is 22.5 Å². The summed E-state index contributed by atoms with van der Waals surface area (Å²) in [5.74, 6) is 0.315. The number of aromatic nitrogens is 2. The van der Waals surface area contributed by atoms with E-state index < -0.39 is 5.97 Å². The predicted molar refractivity (Wildman–Crippen MR) is 143 cm³/mol. The maximum absolute atomic E-state index is 10.7. The maximum atomic E-state index is 10.7. The van der Waals surface area contributed by atoms with Crippen LogP contribution in [0.5, 0.6) is 0 Å². The molecule has 0 unspecified atom stereocenters. The quantitative estimate of drug-likeness (QED) is 0.314. The number of fused-ring (bicyclic) bond motifs is 1. The molecule has 0 saturated carbocycles. The second-order valence-electron chi connectivity index (χ2n) is 9.44. The number of nitrogens with zero attached hydrogens (tertiary/aromatic N) is 3. The number of carboxylic acids is 1. The highest BCUT2D eigenvalue weighted by Crippen LogP contribution is 2.35. The minimum absolute atomic E-state index is 0.264. The Bertz CT molecular complexity index is 1120. The summed E-state index contributed by atoms with van der Waals surface area (Å²) in [5, 5.41) is 8.84. The fraction of sp³-hybridized carbons (Fsp3) is 0.433. The number of rotatable bonds is 11. The second kappa shape index (κ2) is 12.0. The summed E-state index contributed by atoms with van der Waals surface area (Å²) in [7, 11) is 0. The lowest BCUT2D eigenvalue weighted by molar-refractivity contribution is -0.137. The number of anilines is 1. The smallest absolute Gasteiger partial charge is 0.303 e. The Morgan fingerprint density at radius 2 is 1.40 bits per heavy atom. The van der Waals surface area contributed by atoms with Crippen molar-refractivity contribution in [1.82, 2.24) is 9.97 Å². The number of benzene rings is 2. The average molecular weight is 472 g/mol. The van der Waals surface area contributed by atoms with E-state index in [0.29, 0.717) is 0 Å². The molecule has 3 aromatic rings. The zero-order valence-corrected chi connectivity index (χ0v) is 21.1. The SMILES string of the molecule is CCc1ccc(-c2nc3c(nc2-c2ccc(CC)cc2)N(CCCCCCC(=O)O)CCC3)cc1. The molecule has 5 heteroatoms. The summed E-state index contributed by atoms with van der Waals surface area (Å²) < 4.78 is 0. The third-order valence-corrected chi connectivity index (χ3v) is 6.93. The van der Waals surface area contributed by atoms with Crippen molar-refractivity contribution >= 4 is 11.8 Å². The fourth-order valence-electron chi connectivity index (χ4n) is 4.77. The van der Waals surface area contributed by atoms with Gasteiger partial charge in [-0.05, 0) is 49.7 Å². The molecule has 35 heavy (non-hydrogen) atoms. The van der Waals surface area contributed by atoms with Crippen molar-refractivity contribution in [3.05, 3.63) is 65.4 Å². The molecule has 184 valence electrons. The summed E-state index contributed by atoms with van der Waals surface area (Å²) in [4.78, 5) is 23.6. The van der Waals surface area contributed by atoms with Gasteiger partial charge < -0.3 is 10.0 Å². The van der Waals surface area contributed by atoms with E-state index in [1.54, 1.807) is 0 Å². The molecule has 0 spiro atoms. The highest BCUT2D eigenvalue weighted by molar-refractivity contribution is 5.80. The van der Waals surface area contributed by atoms with Crippen LogP contribution in [-0.2, 0) is 24.1 Å². The third-order valence-electron chi connectivity index (χ3n) is 6.93. The lowest BCUT2D eigenvalue weighted by Gasteiger charge is -2.30. The van der Waals surface area contributed by atoms with Gasteiger partial charge in [-0.25, -0.2) is 9.97 Å². The monoisotopic (exact) mass is 471 g/mol. The van der Waals surface area contributed by atoms with E-state index in [1.807, 2.05) is 0 Å². The van der Waals surface area contributed by atoms with Gasteiger partial charge in [0.15, 0.2) is 5.82 Å². The van der Waals surface area contributed by atoms with E-state index in [0.717, 1.165) is 98.5 Å². The van der Waals surface area contributed by atoms with Gasteiger partial charge in [-0.15, -0.1) is 0 Å². The largest absolute Gasteiger partial charge is 0.481 e. The Morgan fingerprint density at radius 3 is 1.97 bits per heavy atom. The summed E-state index contributed by atoms with van der Waals surface area (Å²) in [6.45, 7) is 6.28. The zero-order valence-electron chi connectivity index (χ0n) is 21.1. The van der Waals surface area contributed by atoms with E-state index in [2.05, 4.69) is 67.3 Å². The van der Waals surface area contributed by atoms with E-state index >= 15 is 0 Å². The van der Waals surface area contributed by atoms with Crippen LogP contribution < -0.4 is 4.90 Å². The van der Waals surface area contributed by atoms with E-state index in [-0.39, 0.29) is 6.42 Å². The summed E-state index contributed by atoms with van der Waals surface area (Å²) >= 11 is 0. The fourth-order valence-corrected chi connectivity index (χ4v) is 4.77. The van der Waals surface area contributed by atoms with Crippen molar-refractivity contribution in [1.29, 1.82) is 0 Å². The highest BCUT2D eigenvalue weighted by Gasteiger charge is 2.23. The first-order valence-electron chi connectivity index (χ1n) is 13.1. The molecule has 1 aromatic heterocycles. The molecule has 0 radical (unpaired) electrons. The van der Waals surface area contributed by atoms with Gasteiger partial charge >= 0.3 is 5.97 Å². The van der Waals surface area contributed by atoms with Crippen molar-refractivity contribution in [2.45, 2.75) is 71.6 Å². The average Bonchev–Trinajstić information content (AvgIpc) is 2.90. The number of aryl methyl sites for hydroxylation is 3. The first-order chi connectivity index (χ1) is 17.1. The Balaban J connectivity index is 1.63. The van der Waals surface area contributed by atoms with Crippen LogP contribution in [0.4, 0.5) is 5.82 Å². The standard InChI is InChI=1S/C30H37N3O2/c1-3-22-12-16-24(17-13-22)28-29(25-18-14-23(4-2)15-19-25)32-30-26(31-28)10-9-21-33(30)20-8-6-5-7-11-27(34)35/h12-19H,3-11,20-21H2,1-2H3,(H,34,35). The van der Waals surface area contributed by atoms with Crippen LogP contribution in [0.15, 0.2) is 48.5 Å². The third kappa shape index (κ3) is 6.27. The molecule has 0 fully saturated rings. The van der Waals surface area contributed by atoms with Gasteiger partial charge in [0.25, 0.3) is 0 Å². The summed E-state index contributed by atoms with van der Waals surface area (Å²) in [5.41, 5.74) is 7.86. The van der Waals surface area contributed by atoms with Gasteiger partial charge in [-0.2, -0.15) is 0 Å². The van der Waals surface area contributed by atoms with Crippen LogP contribution in [0, 0.1) is 0 Å². The predicted octanol–water partition coefficient (Wildman–Crippen LogP) is 6.72. The first kappa shape index (κ1) is 24.9. The normalized spacial score (nSPS) is 13.0. The van der Waals surface area contributed by atoms with E-state index in [4.69, 9.17) is 15.1 Å². The minimum Gasteiger partial charge on any atom is -0.481 e. The molecule has 0 atom stereocenters. The molecular formula is C30H37N3O2. The van der Waals surface area contributed by atoms with Crippen LogP contribution in [-0.4, -0.2) is 34.1 Å². The molecule has 2 aromatic carbocycles. The molecule has 1 aliphatic heterocycles. The van der Waals surface area contributed by atoms with Crippen molar-refractivity contribution < 1.29 is 9.90 Å². The molecular weight excluding hydrogens is 434 g/mol. The number of unbranched alkanes of at least 4 members (excludes halogenated alkanes) is 3. The van der Waals surface area contributed by atoms with Crippen LogP contribution in [0.1, 0.15) is 69.2 Å². The van der Waals surface area contributed by atoms with Gasteiger partial charge in [-0.1, -0.05) is 75.2 Å². The molecule has 0 aliphatic carbocycles. The number of hydrogen-bond donors (Lipinski definition) is 1. The van der Waals surface area contributed by atoms with Gasteiger partial charge in [0.05, 0.1) is 17.1 Å². The molecule has 4 rings (SSSR count). The lowest BCUT2D eigenvalue weighted by atomic mass is 9.99. The summed E-state index contributed by atoms with van der Waals surface area (Å²) in [6, 6.07) is 17.5.